The predicted octanol–water partition coefficient (Wildman–Crippen LogP) is 3.27. The highest BCUT2D eigenvalue weighted by atomic mass is 79.9. The lowest BCUT2D eigenvalue weighted by Crippen LogP contribution is -2.65. The molecule has 10 nitrogen and oxygen atoms in total. The minimum Gasteiger partial charge on any atom is -0.457 e. The number of sulfonamides is 1. The van der Waals surface area contributed by atoms with E-state index < -0.39 is 26.2 Å². The van der Waals surface area contributed by atoms with Gasteiger partial charge in [0.2, 0.25) is 0 Å². The molecule has 0 spiro atoms. The molecule has 1 atom stereocenters. The molecule has 0 fully saturated rings. The number of hydroxylamine groups is 1. The maximum Gasteiger partial charge on any atom is 0.266 e. The maximum atomic E-state index is 13.4. The Labute approximate surface area is 210 Å². The van der Waals surface area contributed by atoms with Gasteiger partial charge in [0.1, 0.15) is 23.7 Å². The van der Waals surface area contributed by atoms with E-state index in [4.69, 9.17) is 10.5 Å². The second kappa shape index (κ2) is 9.66. The van der Waals surface area contributed by atoms with Crippen molar-refractivity contribution in [2.45, 2.75) is 29.0 Å². The fraction of sp³-hybridized carbons (Fsp3) is 0.286. The molecule has 0 radical (unpaired) electrons. The molecule has 0 aliphatic heterocycles. The van der Waals surface area contributed by atoms with Crippen LogP contribution in [-0.2, 0) is 27.3 Å². The van der Waals surface area contributed by atoms with Crippen LogP contribution in [0.5, 0.6) is 11.5 Å². The van der Waals surface area contributed by atoms with Crippen LogP contribution < -0.4 is 10.5 Å². The van der Waals surface area contributed by atoms with Gasteiger partial charge in [-0.1, -0.05) is 20.4 Å². The van der Waals surface area contributed by atoms with Crippen molar-refractivity contribution in [2.24, 2.45) is 12.8 Å². The molecular weight excluding hydrogens is 546 g/mol. The number of nitrogens with zero attached hydrogens (tertiary/aromatic N) is 4. The highest BCUT2D eigenvalue weighted by Crippen LogP contribution is 2.46. The lowest BCUT2D eigenvalue weighted by Gasteiger charge is -2.45. The average molecular weight is 570 g/mol. The van der Waals surface area contributed by atoms with E-state index in [1.807, 2.05) is 12.1 Å². The third-order valence-electron chi connectivity index (χ3n) is 5.41. The van der Waals surface area contributed by atoms with Crippen LogP contribution in [0, 0.1) is 0 Å². The van der Waals surface area contributed by atoms with Gasteiger partial charge in [-0.15, -0.1) is 22.0 Å². The summed E-state index contributed by atoms with van der Waals surface area (Å²) in [5.41, 5.74) is 4.34. The van der Waals surface area contributed by atoms with Gasteiger partial charge in [0, 0.05) is 11.5 Å². The zero-order chi connectivity index (χ0) is 25.3. The topological polar surface area (TPSA) is 141 Å². The zero-order valence-electron chi connectivity index (χ0n) is 18.8. The van der Waals surface area contributed by atoms with Crippen molar-refractivity contribution in [1.82, 2.24) is 19.2 Å². The van der Waals surface area contributed by atoms with Crippen molar-refractivity contribution in [3.8, 4) is 11.5 Å². The summed E-state index contributed by atoms with van der Waals surface area (Å²) in [4.78, 5) is 10.4. The molecule has 0 unspecified atom stereocenters. The largest absolute Gasteiger partial charge is 0.457 e. The van der Waals surface area contributed by atoms with Crippen molar-refractivity contribution in [3.63, 3.8) is 0 Å². The molecular formula is C21H24BrN5O5S2. The number of ether oxygens (including phenoxy) is 1. The fourth-order valence-electron chi connectivity index (χ4n) is 3.66. The molecule has 3 rings (SSSR count). The van der Waals surface area contributed by atoms with E-state index in [2.05, 4.69) is 26.1 Å². The minimum absolute atomic E-state index is 0.0201. The molecule has 2 aromatic carbocycles. The molecule has 1 heterocycles. The van der Waals surface area contributed by atoms with E-state index >= 15 is 0 Å². The summed E-state index contributed by atoms with van der Waals surface area (Å²) < 4.78 is 35.0. The molecule has 13 heteroatoms. The molecule has 0 bridgehead atoms. The van der Waals surface area contributed by atoms with Gasteiger partial charge in [-0.2, -0.15) is 0 Å². The first kappa shape index (κ1) is 26.2. The highest BCUT2D eigenvalue weighted by molar-refractivity contribution is 9.10. The predicted molar refractivity (Wildman–Crippen MR) is 131 cm³/mol. The summed E-state index contributed by atoms with van der Waals surface area (Å²) in [6, 6.07) is 12.5. The van der Waals surface area contributed by atoms with Gasteiger partial charge in [0.15, 0.2) is 4.87 Å². The lowest BCUT2D eigenvalue weighted by molar-refractivity contribution is -0.141. The number of thioether (sulfide) groups is 1. The number of benzene rings is 2. The summed E-state index contributed by atoms with van der Waals surface area (Å²) in [6.45, 7) is 3.12. The third kappa shape index (κ3) is 4.45. The molecule has 0 aliphatic carbocycles. The standard InChI is InChI=1S/C21H24BrN5O5S2/c1-20(2,19-25-24-13-26(19)3)21(33-4,18(23)28)27(29)34(30,31)17-11-9-16(10-12-17)32-15-7-5-14(22)6-8-15/h5-13,29H,1-4H3,(H2,23,28)/t21-/m1/s1. The van der Waals surface area contributed by atoms with Gasteiger partial charge in [-0.25, -0.2) is 8.42 Å². The number of carbonyl (C=O) groups is 1. The van der Waals surface area contributed by atoms with Gasteiger partial charge in [0.25, 0.3) is 15.9 Å². The SMILES string of the molecule is CS[C@@](C(N)=O)(N(O)S(=O)(=O)c1ccc(Oc2ccc(Br)cc2)cc1)C(C)(C)c1nncn1C. The smallest absolute Gasteiger partial charge is 0.266 e. The number of nitrogens with two attached hydrogens (primary N) is 1. The van der Waals surface area contributed by atoms with E-state index in [0.29, 0.717) is 11.5 Å². The van der Waals surface area contributed by atoms with Gasteiger partial charge in [-0.05, 0) is 68.6 Å². The lowest BCUT2D eigenvalue weighted by atomic mass is 9.82. The Bertz CT molecular complexity index is 1280. The molecule has 34 heavy (non-hydrogen) atoms. The number of amides is 1. The number of carbonyl (C=O) groups excluding carboxylic acids is 1. The monoisotopic (exact) mass is 569 g/mol. The van der Waals surface area contributed by atoms with Crippen molar-refractivity contribution >= 4 is 43.6 Å². The number of hydrogen-bond donors (Lipinski definition) is 2. The summed E-state index contributed by atoms with van der Waals surface area (Å²) in [7, 11) is -2.95. The van der Waals surface area contributed by atoms with Crippen molar-refractivity contribution in [1.29, 1.82) is 0 Å². The number of hydrogen-bond acceptors (Lipinski definition) is 8. The van der Waals surface area contributed by atoms with Crippen LogP contribution in [0.4, 0.5) is 0 Å². The first-order chi connectivity index (χ1) is 15.9. The Morgan fingerprint density at radius 3 is 2.12 bits per heavy atom. The first-order valence-electron chi connectivity index (χ1n) is 9.85. The van der Waals surface area contributed by atoms with Crippen molar-refractivity contribution in [3.05, 3.63) is 65.2 Å². The maximum absolute atomic E-state index is 13.4. The molecule has 3 aromatic rings. The Morgan fingerprint density at radius 2 is 1.68 bits per heavy atom. The number of rotatable bonds is 9. The Kier molecular flexibility index (Phi) is 7.43. The second-order valence-corrected chi connectivity index (χ2v) is 11.6. The summed E-state index contributed by atoms with van der Waals surface area (Å²) in [5.74, 6) is 0.141. The highest BCUT2D eigenvalue weighted by Gasteiger charge is 2.61. The van der Waals surface area contributed by atoms with Crippen LogP contribution in [-0.4, -0.2) is 49.9 Å². The van der Waals surface area contributed by atoms with Crippen LogP contribution in [0.15, 0.2) is 64.2 Å². The number of aromatic nitrogens is 3. The van der Waals surface area contributed by atoms with Crippen LogP contribution >= 0.6 is 27.7 Å². The van der Waals surface area contributed by atoms with E-state index in [0.717, 1.165) is 16.2 Å². The van der Waals surface area contributed by atoms with Gasteiger partial charge < -0.3 is 15.0 Å². The summed E-state index contributed by atoms with van der Waals surface area (Å²) in [6.07, 6.45) is 2.89. The number of primary amides is 1. The molecule has 1 amide bonds. The Morgan fingerprint density at radius 1 is 1.15 bits per heavy atom. The van der Waals surface area contributed by atoms with Gasteiger partial charge in [-0.3, -0.25) is 10.0 Å². The van der Waals surface area contributed by atoms with Crippen LogP contribution in [0.2, 0.25) is 0 Å². The second-order valence-electron chi connectivity index (χ2n) is 7.88. The quantitative estimate of drug-likeness (QED) is 0.295. The normalized spacial score (nSPS) is 14.1. The summed E-state index contributed by atoms with van der Waals surface area (Å²) in [5, 5.41) is 18.9. The van der Waals surface area contributed by atoms with Crippen molar-refractivity contribution < 1.29 is 23.2 Å². The van der Waals surface area contributed by atoms with Crippen molar-refractivity contribution in [2.75, 3.05) is 6.26 Å². The third-order valence-corrected chi connectivity index (χ3v) is 9.13. The van der Waals surface area contributed by atoms with Gasteiger partial charge >= 0.3 is 0 Å². The fourth-order valence-corrected chi connectivity index (χ4v) is 6.74. The van der Waals surface area contributed by atoms with E-state index in [1.54, 1.807) is 33.0 Å². The molecule has 0 aliphatic rings. The Balaban J connectivity index is 1.99. The van der Waals surface area contributed by atoms with Gasteiger partial charge in [0.05, 0.1) is 10.3 Å². The molecule has 1 aromatic heterocycles. The number of halogens is 1. The molecule has 0 saturated heterocycles. The van der Waals surface area contributed by atoms with E-state index in [1.165, 1.54) is 41.4 Å². The Hall–Kier alpha value is -2.45. The average Bonchev–Trinajstić information content (AvgIpc) is 3.23. The molecule has 182 valence electrons. The van der Waals surface area contributed by atoms with E-state index in [-0.39, 0.29) is 15.2 Å². The van der Waals surface area contributed by atoms with Crippen LogP contribution in [0.3, 0.4) is 0 Å². The molecule has 0 saturated carbocycles. The zero-order valence-corrected chi connectivity index (χ0v) is 22.1. The van der Waals surface area contributed by atoms with Crippen LogP contribution in [0.1, 0.15) is 19.7 Å². The summed E-state index contributed by atoms with van der Waals surface area (Å²) >= 11 is 4.13. The number of aryl methyl sites for hydroxylation is 1. The van der Waals surface area contributed by atoms with E-state index in [9.17, 15) is 18.4 Å². The minimum atomic E-state index is -4.59. The van der Waals surface area contributed by atoms with Crippen LogP contribution in [0.25, 0.3) is 0 Å². The first-order valence-corrected chi connectivity index (χ1v) is 13.3. The molecule has 3 N–H and O–H groups in total.